The molecule has 21 heavy (non-hydrogen) atoms. The van der Waals surface area contributed by atoms with Gasteiger partial charge >= 0.3 is 0 Å². The molecule has 0 amide bonds. The summed E-state index contributed by atoms with van der Waals surface area (Å²) in [4.78, 5) is 0. The van der Waals surface area contributed by atoms with Crippen molar-refractivity contribution in [2.24, 2.45) is 12.8 Å². The van der Waals surface area contributed by atoms with Crippen LogP contribution in [0.1, 0.15) is 42.2 Å². The van der Waals surface area contributed by atoms with E-state index in [-0.39, 0.29) is 6.04 Å². The van der Waals surface area contributed by atoms with Gasteiger partial charge in [0.1, 0.15) is 0 Å². The number of halogens is 1. The van der Waals surface area contributed by atoms with Gasteiger partial charge in [0.25, 0.3) is 0 Å². The SMILES string of the molecule is CCc1nn(C)c(Cn2nc(C)c(CC(C)N)c2C)c1Br. The van der Waals surface area contributed by atoms with E-state index in [0.29, 0.717) is 0 Å². The molecule has 2 N–H and O–H groups in total. The van der Waals surface area contributed by atoms with Crippen LogP contribution in [0.3, 0.4) is 0 Å². The van der Waals surface area contributed by atoms with E-state index in [2.05, 4.69) is 46.9 Å². The maximum Gasteiger partial charge on any atom is 0.0842 e. The molecule has 1 atom stereocenters. The van der Waals surface area contributed by atoms with Crippen molar-refractivity contribution in [3.8, 4) is 0 Å². The molecule has 2 rings (SSSR count). The highest BCUT2D eigenvalue weighted by Gasteiger charge is 2.17. The monoisotopic (exact) mass is 353 g/mol. The van der Waals surface area contributed by atoms with Crippen molar-refractivity contribution < 1.29 is 0 Å². The molecule has 0 saturated heterocycles. The summed E-state index contributed by atoms with van der Waals surface area (Å²) in [5.41, 5.74) is 11.7. The molecular formula is C15H24BrN5. The van der Waals surface area contributed by atoms with Crippen molar-refractivity contribution in [2.45, 2.75) is 53.1 Å². The summed E-state index contributed by atoms with van der Waals surface area (Å²) >= 11 is 3.67. The zero-order chi connectivity index (χ0) is 15.7. The van der Waals surface area contributed by atoms with E-state index in [9.17, 15) is 0 Å². The van der Waals surface area contributed by atoms with E-state index < -0.39 is 0 Å². The Labute approximate surface area is 134 Å². The van der Waals surface area contributed by atoms with Crippen LogP contribution in [0, 0.1) is 13.8 Å². The Hall–Kier alpha value is -1.14. The van der Waals surface area contributed by atoms with Crippen molar-refractivity contribution in [1.29, 1.82) is 0 Å². The Kier molecular flexibility index (Phi) is 4.88. The minimum absolute atomic E-state index is 0.148. The predicted octanol–water partition coefficient (Wildman–Crippen LogP) is 2.50. The molecule has 2 aromatic rings. The lowest BCUT2D eigenvalue weighted by atomic mass is 10.1. The summed E-state index contributed by atoms with van der Waals surface area (Å²) in [6.07, 6.45) is 1.78. The number of hydrogen-bond donors (Lipinski definition) is 1. The highest BCUT2D eigenvalue weighted by Crippen LogP contribution is 2.24. The van der Waals surface area contributed by atoms with Crippen molar-refractivity contribution in [1.82, 2.24) is 19.6 Å². The van der Waals surface area contributed by atoms with Crippen LogP contribution < -0.4 is 5.73 Å². The molecule has 0 aliphatic carbocycles. The van der Waals surface area contributed by atoms with E-state index in [1.807, 2.05) is 23.3 Å². The van der Waals surface area contributed by atoms with Gasteiger partial charge in [0, 0.05) is 18.8 Å². The quantitative estimate of drug-likeness (QED) is 0.897. The van der Waals surface area contributed by atoms with Crippen LogP contribution in [0.15, 0.2) is 4.47 Å². The largest absolute Gasteiger partial charge is 0.328 e. The van der Waals surface area contributed by atoms with Gasteiger partial charge in [0.15, 0.2) is 0 Å². The molecule has 0 aromatic carbocycles. The van der Waals surface area contributed by atoms with E-state index in [1.54, 1.807) is 0 Å². The second kappa shape index (κ2) is 6.32. The van der Waals surface area contributed by atoms with Crippen molar-refractivity contribution >= 4 is 15.9 Å². The van der Waals surface area contributed by atoms with Gasteiger partial charge in [-0.05, 0) is 55.1 Å². The minimum atomic E-state index is 0.148. The first kappa shape index (κ1) is 16.2. The number of hydrogen-bond acceptors (Lipinski definition) is 3. The lowest BCUT2D eigenvalue weighted by Crippen LogP contribution is -2.18. The van der Waals surface area contributed by atoms with Gasteiger partial charge in [-0.1, -0.05) is 6.92 Å². The minimum Gasteiger partial charge on any atom is -0.328 e. The van der Waals surface area contributed by atoms with Crippen LogP contribution in [-0.4, -0.2) is 25.6 Å². The van der Waals surface area contributed by atoms with E-state index in [1.165, 1.54) is 11.3 Å². The Balaban J connectivity index is 2.35. The topological polar surface area (TPSA) is 61.7 Å². The van der Waals surface area contributed by atoms with Gasteiger partial charge in [-0.25, -0.2) is 0 Å². The number of rotatable bonds is 5. The molecule has 0 radical (unpaired) electrons. The summed E-state index contributed by atoms with van der Waals surface area (Å²) in [7, 11) is 1.98. The van der Waals surface area contributed by atoms with Crippen LogP contribution in [-0.2, 0) is 26.4 Å². The molecule has 5 nitrogen and oxygen atoms in total. The first-order valence-electron chi connectivity index (χ1n) is 7.33. The third-order valence-electron chi connectivity index (χ3n) is 3.86. The molecular weight excluding hydrogens is 330 g/mol. The Morgan fingerprint density at radius 1 is 1.29 bits per heavy atom. The van der Waals surface area contributed by atoms with Crippen LogP contribution >= 0.6 is 15.9 Å². The summed E-state index contributed by atoms with van der Waals surface area (Å²) in [6, 6.07) is 0.148. The molecule has 2 aromatic heterocycles. The normalized spacial score (nSPS) is 12.9. The number of aryl methyl sites for hydroxylation is 3. The van der Waals surface area contributed by atoms with E-state index >= 15 is 0 Å². The molecule has 6 heteroatoms. The zero-order valence-corrected chi connectivity index (χ0v) is 15.0. The molecule has 1 unspecified atom stereocenters. The molecule has 0 fully saturated rings. The Bertz CT molecular complexity index is 639. The second-order valence-corrected chi connectivity index (χ2v) is 6.47. The van der Waals surface area contributed by atoms with Gasteiger partial charge in [-0.3, -0.25) is 9.36 Å². The Morgan fingerprint density at radius 2 is 1.95 bits per heavy atom. The molecule has 0 aliphatic heterocycles. The van der Waals surface area contributed by atoms with Crippen LogP contribution in [0.5, 0.6) is 0 Å². The van der Waals surface area contributed by atoms with E-state index in [0.717, 1.165) is 40.9 Å². The van der Waals surface area contributed by atoms with Crippen molar-refractivity contribution in [2.75, 3.05) is 0 Å². The van der Waals surface area contributed by atoms with Crippen LogP contribution in [0.25, 0.3) is 0 Å². The number of nitrogens with zero attached hydrogens (tertiary/aromatic N) is 4. The highest BCUT2D eigenvalue weighted by atomic mass is 79.9. The highest BCUT2D eigenvalue weighted by molar-refractivity contribution is 9.10. The molecule has 0 bridgehead atoms. The number of nitrogens with two attached hydrogens (primary N) is 1. The first-order valence-corrected chi connectivity index (χ1v) is 8.13. The maximum absolute atomic E-state index is 5.93. The zero-order valence-electron chi connectivity index (χ0n) is 13.4. The van der Waals surface area contributed by atoms with Crippen LogP contribution in [0.4, 0.5) is 0 Å². The summed E-state index contributed by atoms with van der Waals surface area (Å²) in [6.45, 7) is 9.03. The number of aromatic nitrogens is 4. The third-order valence-corrected chi connectivity index (χ3v) is 4.78. The lowest BCUT2D eigenvalue weighted by molar-refractivity contribution is 0.600. The fraction of sp³-hybridized carbons (Fsp3) is 0.600. The van der Waals surface area contributed by atoms with Gasteiger partial charge in [0.05, 0.1) is 28.1 Å². The third kappa shape index (κ3) is 3.21. The average molecular weight is 354 g/mol. The summed E-state index contributed by atoms with van der Waals surface area (Å²) in [5, 5.41) is 9.22. The van der Waals surface area contributed by atoms with Crippen LogP contribution in [0.2, 0.25) is 0 Å². The first-order chi connectivity index (χ1) is 9.85. The maximum atomic E-state index is 5.93. The van der Waals surface area contributed by atoms with Crippen molar-refractivity contribution in [3.05, 3.63) is 32.8 Å². The average Bonchev–Trinajstić information content (AvgIpc) is 2.83. The lowest BCUT2D eigenvalue weighted by Gasteiger charge is -2.08. The smallest absolute Gasteiger partial charge is 0.0842 e. The molecule has 0 spiro atoms. The fourth-order valence-electron chi connectivity index (χ4n) is 2.64. The second-order valence-electron chi connectivity index (χ2n) is 5.67. The predicted molar refractivity (Wildman–Crippen MR) is 88.4 cm³/mol. The standard InChI is InChI=1S/C15H24BrN5/c1-6-13-15(16)14(20(5)19-13)8-21-11(4)12(7-9(2)17)10(3)18-21/h9H,6-8,17H2,1-5H3. The van der Waals surface area contributed by atoms with E-state index in [4.69, 9.17) is 5.73 Å². The van der Waals surface area contributed by atoms with Gasteiger partial charge < -0.3 is 5.73 Å². The van der Waals surface area contributed by atoms with Gasteiger partial charge in [0.2, 0.25) is 0 Å². The Morgan fingerprint density at radius 3 is 2.48 bits per heavy atom. The molecule has 0 saturated carbocycles. The summed E-state index contributed by atoms with van der Waals surface area (Å²) in [5.74, 6) is 0. The summed E-state index contributed by atoms with van der Waals surface area (Å²) < 4.78 is 5.08. The molecule has 2 heterocycles. The van der Waals surface area contributed by atoms with Crippen molar-refractivity contribution in [3.63, 3.8) is 0 Å². The van der Waals surface area contributed by atoms with Gasteiger partial charge in [-0.15, -0.1) is 0 Å². The molecule has 0 aliphatic rings. The molecule has 116 valence electrons. The van der Waals surface area contributed by atoms with Gasteiger partial charge in [-0.2, -0.15) is 10.2 Å². The fourth-order valence-corrected chi connectivity index (χ4v) is 3.38.